The minimum absolute atomic E-state index is 0.573. The van der Waals surface area contributed by atoms with Crippen LogP contribution in [0.15, 0.2) is 0 Å². The van der Waals surface area contributed by atoms with Crippen LogP contribution in [-0.2, 0) is 0 Å². The molecule has 2 atom stereocenters. The molecule has 1 nitrogen and oxygen atoms in total. The van der Waals surface area contributed by atoms with Crippen LogP contribution in [-0.4, -0.2) is 10.4 Å². The van der Waals surface area contributed by atoms with Gasteiger partial charge in [-0.25, -0.2) is 0 Å². The fourth-order valence-electron chi connectivity index (χ4n) is 1.36. The lowest BCUT2D eigenvalue weighted by atomic mass is 10.1. The second-order valence-corrected chi connectivity index (χ2v) is 3.43. The maximum absolute atomic E-state index is 8.34. The van der Waals surface area contributed by atoms with Crippen molar-refractivity contribution < 1.29 is 5.11 Å². The van der Waals surface area contributed by atoms with E-state index in [2.05, 4.69) is 19.2 Å². The Morgan fingerprint density at radius 1 is 1.56 bits per heavy atom. The SMILES string of the molecule is O[C]CC1CCC(S)C1. The van der Waals surface area contributed by atoms with Crippen molar-refractivity contribution in [2.75, 3.05) is 0 Å². The second kappa shape index (κ2) is 3.47. The average Bonchev–Trinajstić information content (AvgIpc) is 2.17. The maximum Gasteiger partial charge on any atom is 0.128 e. The minimum atomic E-state index is 0.573. The zero-order valence-corrected chi connectivity index (χ0v) is 6.27. The van der Waals surface area contributed by atoms with Crippen molar-refractivity contribution in [3.8, 4) is 0 Å². The first-order valence-electron chi connectivity index (χ1n) is 3.38. The van der Waals surface area contributed by atoms with Crippen molar-refractivity contribution in [2.45, 2.75) is 30.9 Å². The van der Waals surface area contributed by atoms with Crippen molar-refractivity contribution in [1.82, 2.24) is 0 Å². The van der Waals surface area contributed by atoms with Crippen LogP contribution in [0, 0.1) is 12.5 Å². The van der Waals surface area contributed by atoms with Crippen LogP contribution in [0.5, 0.6) is 0 Å². The quantitative estimate of drug-likeness (QED) is 0.567. The Bertz CT molecular complexity index is 83.0. The molecule has 1 N–H and O–H groups in total. The predicted octanol–water partition coefficient (Wildman–Crippen LogP) is 1.89. The lowest BCUT2D eigenvalue weighted by molar-refractivity contribution is 0.339. The maximum atomic E-state index is 8.34. The van der Waals surface area contributed by atoms with Crippen molar-refractivity contribution >= 4 is 12.6 Å². The van der Waals surface area contributed by atoms with Crippen molar-refractivity contribution in [1.29, 1.82) is 0 Å². The molecule has 0 bridgehead atoms. The molecular weight excluding hydrogens is 132 g/mol. The first kappa shape index (κ1) is 7.42. The molecule has 1 rings (SSSR count). The van der Waals surface area contributed by atoms with E-state index in [0.717, 1.165) is 12.8 Å². The molecule has 1 aliphatic rings. The van der Waals surface area contributed by atoms with Crippen molar-refractivity contribution in [3.63, 3.8) is 0 Å². The standard InChI is InChI=1S/C7H12OS/c8-4-3-6-1-2-7(9)5-6/h6-9H,1-3,5H2. The normalized spacial score (nSPS) is 35.3. The number of hydrogen-bond donors (Lipinski definition) is 2. The summed E-state index contributed by atoms with van der Waals surface area (Å²) in [7, 11) is 0. The highest BCUT2D eigenvalue weighted by molar-refractivity contribution is 7.80. The Kier molecular flexibility index (Phi) is 2.86. The Hall–Kier alpha value is 0.310. The van der Waals surface area contributed by atoms with Crippen LogP contribution in [0.1, 0.15) is 25.7 Å². The zero-order valence-electron chi connectivity index (χ0n) is 5.38. The van der Waals surface area contributed by atoms with Gasteiger partial charge in [0.2, 0.25) is 0 Å². The topological polar surface area (TPSA) is 20.2 Å². The highest BCUT2D eigenvalue weighted by atomic mass is 32.1. The third-order valence-electron chi connectivity index (χ3n) is 1.89. The Labute approximate surface area is 61.9 Å². The van der Waals surface area contributed by atoms with Crippen LogP contribution in [0.25, 0.3) is 0 Å². The molecule has 52 valence electrons. The molecule has 1 fully saturated rings. The molecule has 0 aromatic carbocycles. The van der Waals surface area contributed by atoms with Gasteiger partial charge in [-0.2, -0.15) is 12.6 Å². The van der Waals surface area contributed by atoms with E-state index in [1.54, 1.807) is 0 Å². The molecule has 9 heavy (non-hydrogen) atoms. The Morgan fingerprint density at radius 3 is 2.78 bits per heavy atom. The van der Waals surface area contributed by atoms with Crippen LogP contribution in [0.4, 0.5) is 0 Å². The fourth-order valence-corrected chi connectivity index (χ4v) is 1.81. The highest BCUT2D eigenvalue weighted by Gasteiger charge is 2.21. The molecule has 0 saturated heterocycles. The van der Waals surface area contributed by atoms with E-state index in [4.69, 9.17) is 5.11 Å². The molecule has 2 heteroatoms. The van der Waals surface area contributed by atoms with Crippen LogP contribution in [0.2, 0.25) is 0 Å². The van der Waals surface area contributed by atoms with Gasteiger partial charge in [0.15, 0.2) is 0 Å². The van der Waals surface area contributed by atoms with Gasteiger partial charge in [-0.1, -0.05) is 0 Å². The fraction of sp³-hybridized carbons (Fsp3) is 0.857. The number of thiol groups is 1. The number of rotatable bonds is 2. The lowest BCUT2D eigenvalue weighted by Gasteiger charge is -2.03. The van der Waals surface area contributed by atoms with Gasteiger partial charge in [0, 0.05) is 5.25 Å². The van der Waals surface area contributed by atoms with Gasteiger partial charge in [-0.15, -0.1) is 0 Å². The number of hydrogen-bond acceptors (Lipinski definition) is 2. The van der Waals surface area contributed by atoms with E-state index in [1.165, 1.54) is 12.8 Å². The summed E-state index contributed by atoms with van der Waals surface area (Å²) < 4.78 is 0. The van der Waals surface area contributed by atoms with Crippen LogP contribution in [0.3, 0.4) is 0 Å². The average molecular weight is 144 g/mol. The summed E-state index contributed by atoms with van der Waals surface area (Å²) in [5, 5.41) is 8.91. The molecule has 0 aliphatic heterocycles. The highest BCUT2D eigenvalue weighted by Crippen LogP contribution is 2.31. The summed E-state index contributed by atoms with van der Waals surface area (Å²) in [5.74, 6) is 0.650. The van der Waals surface area contributed by atoms with Gasteiger partial charge in [0.25, 0.3) is 0 Å². The molecule has 0 aromatic rings. The molecule has 1 aliphatic carbocycles. The summed E-state index contributed by atoms with van der Waals surface area (Å²) in [5.41, 5.74) is 0. The van der Waals surface area contributed by atoms with Gasteiger partial charge < -0.3 is 5.11 Å². The zero-order chi connectivity index (χ0) is 6.69. The van der Waals surface area contributed by atoms with Gasteiger partial charge in [-0.3, -0.25) is 0 Å². The third kappa shape index (κ3) is 2.18. The summed E-state index contributed by atoms with van der Waals surface area (Å²) in [6.45, 7) is 2.20. The molecule has 0 amide bonds. The molecule has 0 spiro atoms. The summed E-state index contributed by atoms with van der Waals surface area (Å²) >= 11 is 4.34. The largest absolute Gasteiger partial charge is 0.384 e. The molecule has 2 unspecified atom stereocenters. The molecule has 1 saturated carbocycles. The van der Waals surface area contributed by atoms with Crippen molar-refractivity contribution in [3.05, 3.63) is 6.61 Å². The second-order valence-electron chi connectivity index (χ2n) is 2.70. The number of aliphatic hydroxyl groups is 1. The van der Waals surface area contributed by atoms with Gasteiger partial charge in [0.05, 0.1) is 0 Å². The minimum Gasteiger partial charge on any atom is -0.384 e. The smallest absolute Gasteiger partial charge is 0.128 e. The number of aliphatic hydroxyl groups excluding tert-OH is 1. The van der Waals surface area contributed by atoms with Crippen molar-refractivity contribution in [2.24, 2.45) is 5.92 Å². The molecule has 2 radical (unpaired) electrons. The predicted molar refractivity (Wildman–Crippen MR) is 39.9 cm³/mol. The Morgan fingerprint density at radius 2 is 2.33 bits per heavy atom. The van der Waals surface area contributed by atoms with E-state index in [0.29, 0.717) is 11.2 Å². The Balaban J connectivity index is 2.14. The van der Waals surface area contributed by atoms with Gasteiger partial charge in [0.1, 0.15) is 6.61 Å². The third-order valence-corrected chi connectivity index (χ3v) is 2.36. The van der Waals surface area contributed by atoms with E-state index < -0.39 is 0 Å². The monoisotopic (exact) mass is 144 g/mol. The summed E-state index contributed by atoms with van der Waals surface area (Å²) in [6, 6.07) is 0. The van der Waals surface area contributed by atoms with E-state index >= 15 is 0 Å². The molecule has 0 heterocycles. The summed E-state index contributed by atoms with van der Waals surface area (Å²) in [6.07, 6.45) is 4.30. The van der Waals surface area contributed by atoms with Crippen LogP contribution >= 0.6 is 12.6 Å². The van der Waals surface area contributed by atoms with Gasteiger partial charge >= 0.3 is 0 Å². The molecule has 0 aromatic heterocycles. The van der Waals surface area contributed by atoms with E-state index in [9.17, 15) is 0 Å². The van der Waals surface area contributed by atoms with E-state index in [-0.39, 0.29) is 0 Å². The van der Waals surface area contributed by atoms with E-state index in [1.807, 2.05) is 0 Å². The first-order valence-corrected chi connectivity index (χ1v) is 3.89. The lowest BCUT2D eigenvalue weighted by Crippen LogP contribution is -1.95. The summed E-state index contributed by atoms with van der Waals surface area (Å²) in [4.78, 5) is 0. The van der Waals surface area contributed by atoms with Crippen LogP contribution < -0.4 is 0 Å². The molecular formula is C7H12OS. The van der Waals surface area contributed by atoms with Gasteiger partial charge in [-0.05, 0) is 31.6 Å². The first-order chi connectivity index (χ1) is 4.33.